The van der Waals surface area contributed by atoms with Crippen molar-refractivity contribution < 1.29 is 5.11 Å². The zero-order valence-electron chi connectivity index (χ0n) is 11.9. The third kappa shape index (κ3) is 3.48. The third-order valence-corrected chi connectivity index (χ3v) is 4.25. The second-order valence-corrected chi connectivity index (χ2v) is 5.56. The summed E-state index contributed by atoms with van der Waals surface area (Å²) in [5.74, 6) is 1.15. The minimum absolute atomic E-state index is 0.335. The van der Waals surface area contributed by atoms with Crippen molar-refractivity contribution in [3.8, 4) is 5.75 Å². The second kappa shape index (κ2) is 6.92. The standard InChI is InChI=1S/C16H26N2O/c1-2-15(14-7-3-4-8-16(14)19)18-11-5-6-13(12-18)9-10-17/h3-4,7-8,13,15,19H,2,5-6,9-12,17H2,1H3. The normalized spacial score (nSPS) is 22.3. The average Bonchev–Trinajstić information content (AvgIpc) is 2.43. The van der Waals surface area contributed by atoms with Gasteiger partial charge in [0, 0.05) is 18.2 Å². The molecular weight excluding hydrogens is 236 g/mol. The topological polar surface area (TPSA) is 49.5 Å². The second-order valence-electron chi connectivity index (χ2n) is 5.56. The van der Waals surface area contributed by atoms with Crippen LogP contribution in [0.3, 0.4) is 0 Å². The van der Waals surface area contributed by atoms with Gasteiger partial charge < -0.3 is 10.8 Å². The van der Waals surface area contributed by atoms with Crippen LogP contribution in [-0.4, -0.2) is 29.6 Å². The van der Waals surface area contributed by atoms with Gasteiger partial charge in [-0.05, 0) is 50.8 Å². The van der Waals surface area contributed by atoms with Crippen molar-refractivity contribution in [1.82, 2.24) is 4.90 Å². The Bertz CT molecular complexity index is 392. The van der Waals surface area contributed by atoms with E-state index in [0.29, 0.717) is 11.8 Å². The average molecular weight is 262 g/mol. The van der Waals surface area contributed by atoms with Crippen molar-refractivity contribution in [2.24, 2.45) is 11.7 Å². The Hall–Kier alpha value is -1.06. The number of aromatic hydroxyl groups is 1. The molecular formula is C16H26N2O. The Morgan fingerprint density at radius 3 is 2.89 bits per heavy atom. The lowest BCUT2D eigenvalue weighted by Crippen LogP contribution is -2.38. The summed E-state index contributed by atoms with van der Waals surface area (Å²) in [5.41, 5.74) is 6.76. The summed E-state index contributed by atoms with van der Waals surface area (Å²) in [6.45, 7) is 5.23. The highest BCUT2D eigenvalue weighted by Crippen LogP contribution is 2.34. The maximum atomic E-state index is 10.1. The van der Waals surface area contributed by atoms with Crippen LogP contribution < -0.4 is 5.73 Å². The first-order valence-electron chi connectivity index (χ1n) is 7.48. The molecule has 19 heavy (non-hydrogen) atoms. The summed E-state index contributed by atoms with van der Waals surface area (Å²) < 4.78 is 0. The molecule has 2 unspecified atom stereocenters. The lowest BCUT2D eigenvalue weighted by Gasteiger charge is -2.38. The number of hydrogen-bond donors (Lipinski definition) is 2. The predicted molar refractivity (Wildman–Crippen MR) is 79.1 cm³/mol. The largest absolute Gasteiger partial charge is 0.508 e. The van der Waals surface area contributed by atoms with Crippen LogP contribution in [0.2, 0.25) is 0 Å². The van der Waals surface area contributed by atoms with Gasteiger partial charge in [0.05, 0.1) is 0 Å². The lowest BCUT2D eigenvalue weighted by molar-refractivity contribution is 0.115. The molecule has 0 radical (unpaired) electrons. The van der Waals surface area contributed by atoms with Gasteiger partial charge >= 0.3 is 0 Å². The van der Waals surface area contributed by atoms with Crippen LogP contribution >= 0.6 is 0 Å². The number of benzene rings is 1. The van der Waals surface area contributed by atoms with Crippen LogP contribution in [0.25, 0.3) is 0 Å². The van der Waals surface area contributed by atoms with Crippen molar-refractivity contribution in [1.29, 1.82) is 0 Å². The fraction of sp³-hybridized carbons (Fsp3) is 0.625. The molecule has 1 aromatic rings. The molecule has 0 amide bonds. The van der Waals surface area contributed by atoms with Crippen LogP contribution in [0.15, 0.2) is 24.3 Å². The van der Waals surface area contributed by atoms with Crippen LogP contribution in [0.5, 0.6) is 5.75 Å². The fourth-order valence-electron chi connectivity index (χ4n) is 3.30. The molecule has 0 bridgehead atoms. The molecule has 1 aliphatic heterocycles. The Labute approximate surface area is 116 Å². The molecule has 3 N–H and O–H groups in total. The molecule has 1 fully saturated rings. The van der Waals surface area contributed by atoms with Crippen molar-refractivity contribution in [2.45, 2.75) is 38.6 Å². The Balaban J connectivity index is 2.11. The molecule has 0 aromatic heterocycles. The lowest BCUT2D eigenvalue weighted by atomic mass is 9.91. The number of para-hydroxylation sites is 1. The van der Waals surface area contributed by atoms with E-state index >= 15 is 0 Å². The molecule has 1 aliphatic rings. The Morgan fingerprint density at radius 2 is 2.21 bits per heavy atom. The summed E-state index contributed by atoms with van der Waals surface area (Å²) in [6.07, 6.45) is 4.69. The van der Waals surface area contributed by atoms with Gasteiger partial charge in [-0.2, -0.15) is 0 Å². The van der Waals surface area contributed by atoms with Crippen LogP contribution in [-0.2, 0) is 0 Å². The van der Waals surface area contributed by atoms with E-state index in [1.165, 1.54) is 12.8 Å². The van der Waals surface area contributed by atoms with Gasteiger partial charge in [-0.3, -0.25) is 4.90 Å². The molecule has 1 aromatic carbocycles. The molecule has 0 aliphatic carbocycles. The minimum Gasteiger partial charge on any atom is -0.508 e. The molecule has 1 heterocycles. The minimum atomic E-state index is 0.335. The number of nitrogens with two attached hydrogens (primary N) is 1. The van der Waals surface area contributed by atoms with E-state index in [4.69, 9.17) is 5.73 Å². The highest BCUT2D eigenvalue weighted by atomic mass is 16.3. The van der Waals surface area contributed by atoms with Gasteiger partial charge in [0.2, 0.25) is 0 Å². The highest BCUT2D eigenvalue weighted by Gasteiger charge is 2.26. The van der Waals surface area contributed by atoms with E-state index in [-0.39, 0.29) is 0 Å². The van der Waals surface area contributed by atoms with E-state index in [1.807, 2.05) is 12.1 Å². The Morgan fingerprint density at radius 1 is 1.42 bits per heavy atom. The smallest absolute Gasteiger partial charge is 0.120 e. The Kier molecular flexibility index (Phi) is 5.23. The number of phenolic OH excluding ortho intramolecular Hbond substituents is 1. The van der Waals surface area contributed by atoms with E-state index in [9.17, 15) is 5.11 Å². The van der Waals surface area contributed by atoms with E-state index in [2.05, 4.69) is 17.9 Å². The quantitative estimate of drug-likeness (QED) is 0.858. The first kappa shape index (κ1) is 14.4. The highest BCUT2D eigenvalue weighted by molar-refractivity contribution is 5.34. The number of nitrogens with zero attached hydrogens (tertiary/aromatic N) is 1. The van der Waals surface area contributed by atoms with E-state index < -0.39 is 0 Å². The molecule has 3 nitrogen and oxygen atoms in total. The van der Waals surface area contributed by atoms with Crippen molar-refractivity contribution in [3.05, 3.63) is 29.8 Å². The van der Waals surface area contributed by atoms with Gasteiger partial charge in [-0.25, -0.2) is 0 Å². The van der Waals surface area contributed by atoms with E-state index in [1.54, 1.807) is 6.07 Å². The summed E-state index contributed by atoms with van der Waals surface area (Å²) in [7, 11) is 0. The molecule has 3 heteroatoms. The summed E-state index contributed by atoms with van der Waals surface area (Å²) in [5, 5.41) is 10.1. The van der Waals surface area contributed by atoms with Crippen LogP contribution in [0, 0.1) is 5.92 Å². The molecule has 2 atom stereocenters. The molecule has 106 valence electrons. The van der Waals surface area contributed by atoms with Gasteiger partial charge in [0.1, 0.15) is 5.75 Å². The zero-order valence-corrected chi connectivity index (χ0v) is 11.9. The molecule has 0 spiro atoms. The number of hydrogen-bond acceptors (Lipinski definition) is 3. The number of piperidine rings is 1. The van der Waals surface area contributed by atoms with Crippen LogP contribution in [0.4, 0.5) is 0 Å². The van der Waals surface area contributed by atoms with Gasteiger partial charge in [0.25, 0.3) is 0 Å². The van der Waals surface area contributed by atoms with Gasteiger partial charge in [-0.1, -0.05) is 25.1 Å². The van der Waals surface area contributed by atoms with Crippen molar-refractivity contribution >= 4 is 0 Å². The third-order valence-electron chi connectivity index (χ3n) is 4.25. The maximum absolute atomic E-state index is 10.1. The van der Waals surface area contributed by atoms with Crippen LogP contribution in [0.1, 0.15) is 44.2 Å². The summed E-state index contributed by atoms with van der Waals surface area (Å²) >= 11 is 0. The SMILES string of the molecule is CCC(c1ccccc1O)N1CCCC(CCN)C1. The predicted octanol–water partition coefficient (Wildman–Crippen LogP) is 2.90. The first-order valence-corrected chi connectivity index (χ1v) is 7.48. The van der Waals surface area contributed by atoms with Crippen molar-refractivity contribution in [3.63, 3.8) is 0 Å². The fourth-order valence-corrected chi connectivity index (χ4v) is 3.30. The monoisotopic (exact) mass is 262 g/mol. The van der Waals surface area contributed by atoms with E-state index in [0.717, 1.165) is 44.0 Å². The molecule has 2 rings (SSSR count). The van der Waals surface area contributed by atoms with Gasteiger partial charge in [0.15, 0.2) is 0 Å². The summed E-state index contributed by atoms with van der Waals surface area (Å²) in [4.78, 5) is 2.53. The maximum Gasteiger partial charge on any atom is 0.120 e. The van der Waals surface area contributed by atoms with Crippen molar-refractivity contribution in [2.75, 3.05) is 19.6 Å². The molecule has 0 saturated carbocycles. The number of rotatable bonds is 5. The number of likely N-dealkylation sites (tertiary alicyclic amines) is 1. The first-order chi connectivity index (χ1) is 9.26. The van der Waals surface area contributed by atoms with Gasteiger partial charge in [-0.15, -0.1) is 0 Å². The molecule has 1 saturated heterocycles. The number of phenols is 1. The zero-order chi connectivity index (χ0) is 13.7. The summed E-state index contributed by atoms with van der Waals surface area (Å²) in [6, 6.07) is 8.08.